The minimum atomic E-state index is -0.664. The number of hydrogen-bond donors (Lipinski definition) is 3. The molecular formula is C14H30O3. The molecule has 3 N–H and O–H groups in total. The fourth-order valence-corrected chi connectivity index (χ4v) is 2.02. The summed E-state index contributed by atoms with van der Waals surface area (Å²) in [6, 6.07) is 0. The third-order valence-corrected chi connectivity index (χ3v) is 3.57. The van der Waals surface area contributed by atoms with Crippen LogP contribution in [0, 0.1) is 5.41 Å². The van der Waals surface area contributed by atoms with E-state index in [-0.39, 0.29) is 19.8 Å². The average Bonchev–Trinajstić information content (AvgIpc) is 2.38. The maximum Gasteiger partial charge on any atom is 0.0531 e. The lowest BCUT2D eigenvalue weighted by molar-refractivity contribution is -0.00229. The SMILES string of the molecule is CCCCCCCCCCC(CO)(CO)CO. The standard InChI is InChI=1S/C14H30O3/c1-2-3-4-5-6-7-8-9-10-14(11-15,12-16)13-17/h15-17H,2-13H2,1H3. The van der Waals surface area contributed by atoms with Crippen molar-refractivity contribution in [1.82, 2.24) is 0 Å². The number of unbranched alkanes of at least 4 members (excludes halogenated alkanes) is 7. The van der Waals surface area contributed by atoms with Gasteiger partial charge in [0.1, 0.15) is 0 Å². The molecule has 0 spiro atoms. The summed E-state index contributed by atoms with van der Waals surface area (Å²) in [5.41, 5.74) is -0.664. The molecule has 3 heteroatoms. The van der Waals surface area contributed by atoms with Crippen LogP contribution in [0.5, 0.6) is 0 Å². The average molecular weight is 246 g/mol. The van der Waals surface area contributed by atoms with Gasteiger partial charge >= 0.3 is 0 Å². The molecule has 0 rings (SSSR count). The molecule has 0 radical (unpaired) electrons. The zero-order chi connectivity index (χ0) is 13.0. The van der Waals surface area contributed by atoms with Crippen LogP contribution in [0.15, 0.2) is 0 Å². The summed E-state index contributed by atoms with van der Waals surface area (Å²) >= 11 is 0. The maximum atomic E-state index is 9.16. The predicted octanol–water partition coefficient (Wildman–Crippen LogP) is 2.48. The molecule has 0 heterocycles. The minimum Gasteiger partial charge on any atom is -0.396 e. The highest BCUT2D eigenvalue weighted by molar-refractivity contribution is 4.76. The van der Waals surface area contributed by atoms with E-state index in [0.29, 0.717) is 6.42 Å². The van der Waals surface area contributed by atoms with Crippen LogP contribution >= 0.6 is 0 Å². The smallest absolute Gasteiger partial charge is 0.0531 e. The number of rotatable bonds is 12. The lowest BCUT2D eigenvalue weighted by atomic mass is 9.85. The van der Waals surface area contributed by atoms with E-state index >= 15 is 0 Å². The van der Waals surface area contributed by atoms with Crippen LogP contribution in [0.1, 0.15) is 64.7 Å². The highest BCUT2D eigenvalue weighted by atomic mass is 16.3. The quantitative estimate of drug-likeness (QED) is 0.464. The van der Waals surface area contributed by atoms with E-state index in [0.717, 1.165) is 12.8 Å². The van der Waals surface area contributed by atoms with Crippen LogP contribution in [0.3, 0.4) is 0 Å². The van der Waals surface area contributed by atoms with Gasteiger partial charge in [-0.2, -0.15) is 0 Å². The summed E-state index contributed by atoms with van der Waals surface area (Å²) in [5.74, 6) is 0. The van der Waals surface area contributed by atoms with Crippen LogP contribution in [0.4, 0.5) is 0 Å². The van der Waals surface area contributed by atoms with Crippen molar-refractivity contribution < 1.29 is 15.3 Å². The highest BCUT2D eigenvalue weighted by Crippen LogP contribution is 2.23. The van der Waals surface area contributed by atoms with Crippen molar-refractivity contribution in [3.63, 3.8) is 0 Å². The lowest BCUT2D eigenvalue weighted by Gasteiger charge is -2.27. The molecular weight excluding hydrogens is 216 g/mol. The molecule has 17 heavy (non-hydrogen) atoms. The van der Waals surface area contributed by atoms with Gasteiger partial charge in [0.25, 0.3) is 0 Å². The van der Waals surface area contributed by atoms with E-state index in [1.165, 1.54) is 38.5 Å². The van der Waals surface area contributed by atoms with Crippen molar-refractivity contribution in [1.29, 1.82) is 0 Å². The van der Waals surface area contributed by atoms with Crippen molar-refractivity contribution >= 4 is 0 Å². The summed E-state index contributed by atoms with van der Waals surface area (Å²) in [6.45, 7) is 1.84. The summed E-state index contributed by atoms with van der Waals surface area (Å²) in [7, 11) is 0. The van der Waals surface area contributed by atoms with E-state index in [4.69, 9.17) is 15.3 Å². The molecule has 0 aromatic rings. The van der Waals surface area contributed by atoms with Gasteiger partial charge in [-0.25, -0.2) is 0 Å². The Morgan fingerprint density at radius 3 is 1.47 bits per heavy atom. The van der Waals surface area contributed by atoms with E-state index < -0.39 is 5.41 Å². The Balaban J connectivity index is 3.43. The summed E-state index contributed by atoms with van der Waals surface area (Å²) in [5, 5.41) is 27.5. The van der Waals surface area contributed by atoms with Crippen molar-refractivity contribution in [3.8, 4) is 0 Å². The van der Waals surface area contributed by atoms with E-state index in [2.05, 4.69) is 6.92 Å². The molecule has 0 saturated heterocycles. The van der Waals surface area contributed by atoms with Crippen molar-refractivity contribution in [2.75, 3.05) is 19.8 Å². The predicted molar refractivity (Wildman–Crippen MR) is 70.9 cm³/mol. The molecule has 0 aliphatic heterocycles. The Kier molecular flexibility index (Phi) is 10.9. The first-order chi connectivity index (χ1) is 8.24. The van der Waals surface area contributed by atoms with E-state index in [1.54, 1.807) is 0 Å². The van der Waals surface area contributed by atoms with Gasteiger partial charge in [-0.1, -0.05) is 58.3 Å². The van der Waals surface area contributed by atoms with Gasteiger partial charge in [-0.15, -0.1) is 0 Å². The third kappa shape index (κ3) is 7.74. The first kappa shape index (κ1) is 16.9. The van der Waals surface area contributed by atoms with Gasteiger partial charge in [-0.3, -0.25) is 0 Å². The fourth-order valence-electron chi connectivity index (χ4n) is 2.02. The van der Waals surface area contributed by atoms with Crippen molar-refractivity contribution in [3.05, 3.63) is 0 Å². The summed E-state index contributed by atoms with van der Waals surface area (Å²) < 4.78 is 0. The number of aliphatic hydroxyl groups is 3. The van der Waals surface area contributed by atoms with Gasteiger partial charge in [0, 0.05) is 5.41 Å². The van der Waals surface area contributed by atoms with Gasteiger partial charge in [-0.05, 0) is 6.42 Å². The van der Waals surface area contributed by atoms with Crippen LogP contribution in [0.25, 0.3) is 0 Å². The molecule has 0 atom stereocenters. The second-order valence-electron chi connectivity index (χ2n) is 5.20. The first-order valence-corrected chi connectivity index (χ1v) is 7.07. The Labute approximate surface area is 106 Å². The highest BCUT2D eigenvalue weighted by Gasteiger charge is 2.26. The molecule has 3 nitrogen and oxygen atoms in total. The summed E-state index contributed by atoms with van der Waals surface area (Å²) in [6.07, 6.45) is 10.6. The van der Waals surface area contributed by atoms with Crippen molar-refractivity contribution in [2.24, 2.45) is 5.41 Å². The third-order valence-electron chi connectivity index (χ3n) is 3.57. The lowest BCUT2D eigenvalue weighted by Crippen LogP contribution is -2.33. The normalized spacial score (nSPS) is 12.0. The molecule has 0 bridgehead atoms. The Bertz CT molecular complexity index is 147. The molecule has 0 unspecified atom stereocenters. The maximum absolute atomic E-state index is 9.16. The molecule has 0 amide bonds. The van der Waals surface area contributed by atoms with Crippen molar-refractivity contribution in [2.45, 2.75) is 64.7 Å². The topological polar surface area (TPSA) is 60.7 Å². The number of aliphatic hydroxyl groups excluding tert-OH is 3. The van der Waals surface area contributed by atoms with E-state index in [9.17, 15) is 0 Å². The summed E-state index contributed by atoms with van der Waals surface area (Å²) in [4.78, 5) is 0. The molecule has 0 saturated carbocycles. The monoisotopic (exact) mass is 246 g/mol. The zero-order valence-corrected chi connectivity index (χ0v) is 11.3. The zero-order valence-electron chi connectivity index (χ0n) is 11.3. The molecule has 0 aliphatic rings. The molecule has 0 aromatic carbocycles. The van der Waals surface area contributed by atoms with Crippen LogP contribution in [0.2, 0.25) is 0 Å². The largest absolute Gasteiger partial charge is 0.396 e. The Morgan fingerprint density at radius 1 is 0.647 bits per heavy atom. The second kappa shape index (κ2) is 11.0. The molecule has 0 aromatic heterocycles. The van der Waals surface area contributed by atoms with Gasteiger partial charge < -0.3 is 15.3 Å². The minimum absolute atomic E-state index is 0.128. The Morgan fingerprint density at radius 2 is 1.06 bits per heavy atom. The Hall–Kier alpha value is -0.120. The molecule has 0 fully saturated rings. The van der Waals surface area contributed by atoms with Crippen LogP contribution in [-0.4, -0.2) is 35.1 Å². The van der Waals surface area contributed by atoms with Crippen LogP contribution in [-0.2, 0) is 0 Å². The molecule has 104 valence electrons. The first-order valence-electron chi connectivity index (χ1n) is 7.07. The van der Waals surface area contributed by atoms with Crippen LogP contribution < -0.4 is 0 Å². The van der Waals surface area contributed by atoms with Gasteiger partial charge in [0.05, 0.1) is 19.8 Å². The van der Waals surface area contributed by atoms with Gasteiger partial charge in [0.15, 0.2) is 0 Å². The van der Waals surface area contributed by atoms with Gasteiger partial charge in [0.2, 0.25) is 0 Å². The van der Waals surface area contributed by atoms with E-state index in [1.807, 2.05) is 0 Å². The number of hydrogen-bond acceptors (Lipinski definition) is 3. The fraction of sp³-hybridized carbons (Fsp3) is 1.00. The second-order valence-corrected chi connectivity index (χ2v) is 5.20. The molecule has 0 aliphatic carbocycles.